The molecule has 0 radical (unpaired) electrons. The molecule has 0 saturated heterocycles. The van der Waals surface area contributed by atoms with Gasteiger partial charge in [-0.05, 0) is 47.9 Å². The smallest absolute Gasteiger partial charge is 0.336 e. The van der Waals surface area contributed by atoms with Gasteiger partial charge < -0.3 is 5.11 Å². The lowest BCUT2D eigenvalue weighted by atomic mass is 9.84. The highest BCUT2D eigenvalue weighted by atomic mass is 19.1. The average Bonchev–Trinajstić information content (AvgIpc) is 2.68. The molecule has 1 heterocycles. The number of carbonyl (C=O) groups is 1. The van der Waals surface area contributed by atoms with Crippen LogP contribution in [-0.2, 0) is 4.79 Å². The molecule has 1 aliphatic heterocycles. The topological polar surface area (TPSA) is 49.7 Å². The number of benzene rings is 2. The maximum Gasteiger partial charge on any atom is 0.336 e. The number of hydrogen-bond acceptors (Lipinski definition) is 2. The Bertz CT molecular complexity index is 1080. The molecule has 0 amide bonds. The summed E-state index contributed by atoms with van der Waals surface area (Å²) in [5.41, 5.74) is 3.42. The quantitative estimate of drug-likeness (QED) is 0.797. The molecule has 3 nitrogen and oxygen atoms in total. The Morgan fingerprint density at radius 2 is 1.82 bits per heavy atom. The molecule has 140 valence electrons. The molecule has 2 unspecified atom stereocenters. The summed E-state index contributed by atoms with van der Waals surface area (Å²) in [5, 5.41) is 9.68. The molecule has 28 heavy (non-hydrogen) atoms. The van der Waals surface area contributed by atoms with E-state index in [1.165, 1.54) is 24.3 Å². The van der Waals surface area contributed by atoms with E-state index in [4.69, 9.17) is 0 Å². The van der Waals surface area contributed by atoms with Gasteiger partial charge in [-0.25, -0.2) is 13.6 Å². The van der Waals surface area contributed by atoms with Crippen LogP contribution in [0, 0.1) is 5.82 Å². The number of alkyl halides is 1. The fourth-order valence-electron chi connectivity index (χ4n) is 3.63. The van der Waals surface area contributed by atoms with Crippen molar-refractivity contribution in [2.24, 2.45) is 4.99 Å². The number of allylic oxidation sites excluding steroid dienone is 3. The van der Waals surface area contributed by atoms with Crippen LogP contribution in [0.25, 0.3) is 11.1 Å². The predicted octanol–water partition coefficient (Wildman–Crippen LogP) is 5.22. The summed E-state index contributed by atoms with van der Waals surface area (Å²) in [4.78, 5) is 16.5. The predicted molar refractivity (Wildman–Crippen MR) is 104 cm³/mol. The first-order chi connectivity index (χ1) is 13.5. The van der Waals surface area contributed by atoms with Crippen LogP contribution in [0.1, 0.15) is 18.5 Å². The minimum Gasteiger partial charge on any atom is -0.478 e. The zero-order chi connectivity index (χ0) is 19.8. The highest BCUT2D eigenvalue weighted by Gasteiger charge is 2.31. The number of nitrogens with zero attached hydrogens (tertiary/aromatic N) is 1. The summed E-state index contributed by atoms with van der Waals surface area (Å²) >= 11 is 0. The van der Waals surface area contributed by atoms with Gasteiger partial charge in [-0.15, -0.1) is 0 Å². The van der Waals surface area contributed by atoms with E-state index in [9.17, 15) is 18.7 Å². The molecule has 0 bridgehead atoms. The molecule has 2 aromatic rings. The summed E-state index contributed by atoms with van der Waals surface area (Å²) in [6.45, 7) is 1.70. The van der Waals surface area contributed by atoms with Crippen LogP contribution in [0.15, 0.2) is 88.5 Å². The Balaban J connectivity index is 1.76. The summed E-state index contributed by atoms with van der Waals surface area (Å²) in [5.74, 6) is -1.41. The largest absolute Gasteiger partial charge is 0.478 e. The van der Waals surface area contributed by atoms with Crippen molar-refractivity contribution in [1.82, 2.24) is 0 Å². The lowest BCUT2D eigenvalue weighted by Crippen LogP contribution is -2.23. The normalized spacial score (nSPS) is 21.1. The lowest BCUT2D eigenvalue weighted by Gasteiger charge is -2.27. The minimum absolute atomic E-state index is 0.0835. The van der Waals surface area contributed by atoms with Crippen molar-refractivity contribution >= 4 is 11.7 Å². The highest BCUT2D eigenvalue weighted by molar-refractivity contribution is 6.19. The van der Waals surface area contributed by atoms with Gasteiger partial charge in [-0.1, -0.05) is 42.5 Å². The molecular weight excluding hydrogens is 360 g/mol. The second-order valence-corrected chi connectivity index (χ2v) is 6.77. The number of rotatable bonds is 3. The first-order valence-corrected chi connectivity index (χ1v) is 8.87. The number of fused-ring (bicyclic) bond motifs is 1. The Hall–Kier alpha value is -3.34. The monoisotopic (exact) mass is 377 g/mol. The zero-order valence-corrected chi connectivity index (χ0v) is 15.1. The van der Waals surface area contributed by atoms with Crippen molar-refractivity contribution in [3.8, 4) is 11.1 Å². The van der Waals surface area contributed by atoms with E-state index in [1.54, 1.807) is 37.3 Å². The van der Waals surface area contributed by atoms with Gasteiger partial charge >= 0.3 is 5.97 Å². The van der Waals surface area contributed by atoms with Gasteiger partial charge in [0.1, 0.15) is 12.0 Å². The minimum atomic E-state index is -1.33. The number of halogens is 2. The first kappa shape index (κ1) is 18.0. The molecule has 0 fully saturated rings. The fraction of sp³-hybridized carbons (Fsp3) is 0.130. The van der Waals surface area contributed by atoms with E-state index in [-0.39, 0.29) is 11.4 Å². The standard InChI is InChI=1S/C23H17F2NO2/c1-13-21(23(27)28)18-12-16(24)10-11-20(18)26-22(13)15-8-6-14(7-9-15)17-4-2-3-5-19(17)25/h2-12,16,22H,1H3,(H,27,28). The van der Waals surface area contributed by atoms with Crippen LogP contribution in [0.3, 0.4) is 0 Å². The van der Waals surface area contributed by atoms with E-state index in [0.29, 0.717) is 22.4 Å². The summed E-state index contributed by atoms with van der Waals surface area (Å²) < 4.78 is 27.7. The Labute approximate surface area is 161 Å². The lowest BCUT2D eigenvalue weighted by molar-refractivity contribution is -0.132. The van der Waals surface area contributed by atoms with Crippen LogP contribution in [-0.4, -0.2) is 23.0 Å². The third-order valence-electron chi connectivity index (χ3n) is 5.01. The second kappa shape index (κ2) is 7.00. The third kappa shape index (κ3) is 3.09. The van der Waals surface area contributed by atoms with Crippen molar-refractivity contribution in [2.45, 2.75) is 19.1 Å². The van der Waals surface area contributed by atoms with Crippen LogP contribution < -0.4 is 0 Å². The fourth-order valence-corrected chi connectivity index (χ4v) is 3.63. The number of carboxylic acids is 1. The van der Waals surface area contributed by atoms with Gasteiger partial charge in [-0.3, -0.25) is 4.99 Å². The Morgan fingerprint density at radius 3 is 2.50 bits per heavy atom. The molecule has 0 aromatic heterocycles. The van der Waals surface area contributed by atoms with Crippen LogP contribution in [0.2, 0.25) is 0 Å². The molecule has 0 spiro atoms. The highest BCUT2D eigenvalue weighted by Crippen LogP contribution is 2.38. The van der Waals surface area contributed by atoms with E-state index in [0.717, 1.165) is 11.1 Å². The number of dihydropyridines is 1. The van der Waals surface area contributed by atoms with Crippen molar-refractivity contribution in [3.63, 3.8) is 0 Å². The number of aliphatic carboxylic acids is 1. The maximum atomic E-state index is 14.0. The van der Waals surface area contributed by atoms with Crippen LogP contribution in [0.4, 0.5) is 8.78 Å². The molecule has 5 heteroatoms. The van der Waals surface area contributed by atoms with Gasteiger partial charge in [0, 0.05) is 11.1 Å². The van der Waals surface area contributed by atoms with Crippen molar-refractivity contribution < 1.29 is 18.7 Å². The SMILES string of the molecule is CC1=C(C(=O)O)C2=CC(F)C=CC2=NC1c1ccc(-c2ccccc2F)cc1. The molecule has 1 N–H and O–H groups in total. The molecule has 2 atom stereocenters. The van der Waals surface area contributed by atoms with Gasteiger partial charge in [0.05, 0.1) is 17.3 Å². The van der Waals surface area contributed by atoms with E-state index in [1.807, 2.05) is 12.1 Å². The molecule has 0 saturated carbocycles. The molecule has 2 aromatic carbocycles. The average molecular weight is 377 g/mol. The Morgan fingerprint density at radius 1 is 1.11 bits per heavy atom. The number of carboxylic acid groups (broad SMARTS) is 1. The summed E-state index contributed by atoms with van der Waals surface area (Å²) in [6.07, 6.45) is 2.83. The Kier molecular flexibility index (Phi) is 4.51. The molecule has 1 aliphatic carbocycles. The number of aliphatic imine (C=N–C) groups is 1. The van der Waals surface area contributed by atoms with Gasteiger partial charge in [-0.2, -0.15) is 0 Å². The maximum absolute atomic E-state index is 14.0. The van der Waals surface area contributed by atoms with Gasteiger partial charge in [0.15, 0.2) is 0 Å². The zero-order valence-electron chi connectivity index (χ0n) is 15.1. The van der Waals surface area contributed by atoms with Crippen LogP contribution >= 0.6 is 0 Å². The van der Waals surface area contributed by atoms with Crippen molar-refractivity contribution in [3.05, 3.63) is 94.9 Å². The van der Waals surface area contributed by atoms with E-state index < -0.39 is 18.2 Å². The van der Waals surface area contributed by atoms with Crippen molar-refractivity contribution in [1.29, 1.82) is 0 Å². The second-order valence-electron chi connectivity index (χ2n) is 6.77. The van der Waals surface area contributed by atoms with E-state index >= 15 is 0 Å². The third-order valence-corrected chi connectivity index (χ3v) is 5.01. The van der Waals surface area contributed by atoms with Crippen LogP contribution in [0.5, 0.6) is 0 Å². The molecule has 4 rings (SSSR count). The summed E-state index contributed by atoms with van der Waals surface area (Å²) in [7, 11) is 0. The van der Waals surface area contributed by atoms with Crippen molar-refractivity contribution in [2.75, 3.05) is 0 Å². The molecule has 2 aliphatic rings. The first-order valence-electron chi connectivity index (χ1n) is 8.87. The summed E-state index contributed by atoms with van der Waals surface area (Å²) in [6, 6.07) is 13.2. The van der Waals surface area contributed by atoms with Gasteiger partial charge in [0.25, 0.3) is 0 Å². The number of hydrogen-bond donors (Lipinski definition) is 1. The van der Waals surface area contributed by atoms with E-state index in [2.05, 4.69) is 4.99 Å². The molecular formula is C23H17F2NO2. The van der Waals surface area contributed by atoms with Gasteiger partial charge in [0.2, 0.25) is 0 Å².